The Labute approximate surface area is 234 Å². The molecule has 4 heterocycles. The standard InChI is InChI=1S/C32H35FN6O/c1-21-5-3-7-29-31(21)37-32(39(29)20-26-13-16-40-26)22(2)38-14-11-24(12-15-38)28-6-4-8-30(36-28)35-19-25-10-9-23(18-34)17-27(25)33/h3-10,17,22,24,26H,11-16,19-20H2,1-2H3,(H,35,36)/t22-,26-/m0/s1. The number of ether oxygens (including phenoxy) is 1. The summed E-state index contributed by atoms with van der Waals surface area (Å²) in [4.78, 5) is 12.6. The molecule has 2 aromatic heterocycles. The zero-order valence-electron chi connectivity index (χ0n) is 23.1. The number of rotatable bonds is 8. The highest BCUT2D eigenvalue weighted by Gasteiger charge is 2.30. The van der Waals surface area contributed by atoms with Gasteiger partial charge in [0.15, 0.2) is 0 Å². The molecule has 6 rings (SSSR count). The Hall–Kier alpha value is -3.80. The monoisotopic (exact) mass is 538 g/mol. The lowest BCUT2D eigenvalue weighted by Gasteiger charge is -2.36. The molecule has 2 saturated heterocycles. The smallest absolute Gasteiger partial charge is 0.129 e. The minimum absolute atomic E-state index is 0.205. The summed E-state index contributed by atoms with van der Waals surface area (Å²) in [6.45, 7) is 8.39. The van der Waals surface area contributed by atoms with E-state index in [-0.39, 0.29) is 18.0 Å². The summed E-state index contributed by atoms with van der Waals surface area (Å²) in [5, 5.41) is 12.2. The highest BCUT2D eigenvalue weighted by molar-refractivity contribution is 5.79. The number of imidazole rings is 1. The third-order valence-corrected chi connectivity index (χ3v) is 8.47. The fraction of sp³-hybridized carbons (Fsp3) is 0.406. The SMILES string of the molecule is Cc1cccc2c1nc([C@H](C)N1CCC(c3cccc(NCc4ccc(C#N)cc4F)n3)CC1)n2C[C@@H]1CCO1. The third kappa shape index (κ3) is 5.32. The number of aryl methyl sites for hydroxylation is 1. The number of hydrogen-bond donors (Lipinski definition) is 1. The second kappa shape index (κ2) is 11.4. The molecule has 0 spiro atoms. The Morgan fingerprint density at radius 1 is 1.10 bits per heavy atom. The molecule has 7 nitrogen and oxygen atoms in total. The van der Waals surface area contributed by atoms with Gasteiger partial charge in [0, 0.05) is 30.3 Å². The van der Waals surface area contributed by atoms with Crippen LogP contribution in [0.1, 0.15) is 66.4 Å². The number of aromatic nitrogens is 3. The summed E-state index contributed by atoms with van der Waals surface area (Å²) in [6, 6.07) is 19.2. The van der Waals surface area contributed by atoms with Crippen LogP contribution >= 0.6 is 0 Å². The van der Waals surface area contributed by atoms with E-state index in [0.29, 0.717) is 23.6 Å². The summed E-state index contributed by atoms with van der Waals surface area (Å²) in [6.07, 6.45) is 3.43. The highest BCUT2D eigenvalue weighted by Crippen LogP contribution is 2.34. The minimum Gasteiger partial charge on any atom is -0.376 e. The second-order valence-corrected chi connectivity index (χ2v) is 11.0. The molecule has 2 aromatic carbocycles. The Balaban J connectivity index is 1.12. The van der Waals surface area contributed by atoms with Gasteiger partial charge in [0.1, 0.15) is 17.5 Å². The Morgan fingerprint density at radius 2 is 1.90 bits per heavy atom. The molecule has 0 bridgehead atoms. The molecule has 0 saturated carbocycles. The van der Waals surface area contributed by atoms with Crippen molar-refractivity contribution < 1.29 is 9.13 Å². The Kier molecular flexibility index (Phi) is 7.50. The van der Waals surface area contributed by atoms with Gasteiger partial charge in [-0.05, 0) is 82.1 Å². The van der Waals surface area contributed by atoms with Crippen LogP contribution in [0.5, 0.6) is 0 Å². The molecule has 1 N–H and O–H groups in total. The number of piperidine rings is 1. The molecule has 2 aliphatic rings. The van der Waals surface area contributed by atoms with Crippen molar-refractivity contribution >= 4 is 16.9 Å². The largest absolute Gasteiger partial charge is 0.376 e. The van der Waals surface area contributed by atoms with Crippen molar-refractivity contribution in [2.45, 2.75) is 64.3 Å². The lowest BCUT2D eigenvalue weighted by molar-refractivity contribution is -0.0594. The third-order valence-electron chi connectivity index (χ3n) is 8.47. The van der Waals surface area contributed by atoms with E-state index >= 15 is 0 Å². The van der Waals surface area contributed by atoms with Gasteiger partial charge in [-0.1, -0.05) is 24.3 Å². The first kappa shape index (κ1) is 26.4. The number of para-hydroxylation sites is 1. The maximum atomic E-state index is 14.3. The predicted octanol–water partition coefficient (Wildman–Crippen LogP) is 6.09. The van der Waals surface area contributed by atoms with Gasteiger partial charge < -0.3 is 14.6 Å². The topological polar surface area (TPSA) is 79.0 Å². The number of likely N-dealkylation sites (tertiary alicyclic amines) is 1. The van der Waals surface area contributed by atoms with Crippen LogP contribution in [0.2, 0.25) is 0 Å². The van der Waals surface area contributed by atoms with Crippen LogP contribution in [0.25, 0.3) is 11.0 Å². The number of hydrogen-bond acceptors (Lipinski definition) is 6. The van der Waals surface area contributed by atoms with E-state index in [4.69, 9.17) is 20.0 Å². The summed E-state index contributed by atoms with van der Waals surface area (Å²) >= 11 is 0. The van der Waals surface area contributed by atoms with Crippen molar-refractivity contribution in [1.82, 2.24) is 19.4 Å². The molecule has 0 amide bonds. The van der Waals surface area contributed by atoms with E-state index in [1.807, 2.05) is 18.2 Å². The number of nitriles is 1. The van der Waals surface area contributed by atoms with Crippen LogP contribution < -0.4 is 5.32 Å². The van der Waals surface area contributed by atoms with Gasteiger partial charge in [-0.15, -0.1) is 0 Å². The van der Waals surface area contributed by atoms with E-state index in [0.717, 1.165) is 68.4 Å². The average Bonchev–Trinajstić information content (AvgIpc) is 3.33. The average molecular weight is 539 g/mol. The summed E-state index contributed by atoms with van der Waals surface area (Å²) in [5.41, 5.74) is 5.40. The molecule has 40 heavy (non-hydrogen) atoms. The molecular weight excluding hydrogens is 503 g/mol. The summed E-state index contributed by atoms with van der Waals surface area (Å²) in [5.74, 6) is 1.85. The number of fused-ring (bicyclic) bond motifs is 1. The van der Waals surface area contributed by atoms with Gasteiger partial charge in [-0.3, -0.25) is 4.90 Å². The van der Waals surface area contributed by atoms with E-state index in [1.165, 1.54) is 17.1 Å². The molecule has 4 aromatic rings. The van der Waals surface area contributed by atoms with Crippen LogP contribution in [-0.2, 0) is 17.8 Å². The molecule has 8 heteroatoms. The number of anilines is 1. The fourth-order valence-electron chi connectivity index (χ4n) is 5.92. The van der Waals surface area contributed by atoms with Crippen LogP contribution in [0.4, 0.5) is 10.2 Å². The molecule has 0 radical (unpaired) electrons. The van der Waals surface area contributed by atoms with Gasteiger partial charge >= 0.3 is 0 Å². The first-order valence-corrected chi connectivity index (χ1v) is 14.2. The lowest BCUT2D eigenvalue weighted by atomic mass is 9.92. The number of nitrogens with one attached hydrogen (secondary N) is 1. The maximum absolute atomic E-state index is 14.3. The predicted molar refractivity (Wildman–Crippen MR) is 153 cm³/mol. The number of benzene rings is 2. The first-order chi connectivity index (χ1) is 19.5. The first-order valence-electron chi connectivity index (χ1n) is 14.2. The molecular formula is C32H35FN6O. The fourth-order valence-corrected chi connectivity index (χ4v) is 5.92. The van der Waals surface area contributed by atoms with Crippen LogP contribution in [0.15, 0.2) is 54.6 Å². The highest BCUT2D eigenvalue weighted by atomic mass is 19.1. The van der Waals surface area contributed by atoms with Crippen LogP contribution in [0.3, 0.4) is 0 Å². The second-order valence-electron chi connectivity index (χ2n) is 11.0. The molecule has 2 fully saturated rings. The van der Waals surface area contributed by atoms with Gasteiger partial charge in [0.25, 0.3) is 0 Å². The minimum atomic E-state index is -0.381. The molecule has 0 unspecified atom stereocenters. The lowest BCUT2D eigenvalue weighted by Crippen LogP contribution is -2.37. The number of pyridine rings is 1. The van der Waals surface area contributed by atoms with Crippen LogP contribution in [0, 0.1) is 24.1 Å². The van der Waals surface area contributed by atoms with Crippen molar-refractivity contribution in [2.24, 2.45) is 0 Å². The molecule has 2 atom stereocenters. The zero-order valence-corrected chi connectivity index (χ0v) is 23.1. The van der Waals surface area contributed by atoms with Crippen molar-refractivity contribution in [2.75, 3.05) is 25.0 Å². The van der Waals surface area contributed by atoms with E-state index in [9.17, 15) is 4.39 Å². The number of halogens is 1. The van der Waals surface area contributed by atoms with Crippen molar-refractivity contribution in [1.29, 1.82) is 5.26 Å². The summed E-state index contributed by atoms with van der Waals surface area (Å²) < 4.78 is 22.5. The Bertz CT molecular complexity index is 1550. The van der Waals surface area contributed by atoms with E-state index in [2.05, 4.69) is 52.9 Å². The molecule has 2 aliphatic heterocycles. The molecule has 0 aliphatic carbocycles. The maximum Gasteiger partial charge on any atom is 0.129 e. The van der Waals surface area contributed by atoms with Crippen molar-refractivity contribution in [3.63, 3.8) is 0 Å². The normalized spacial score (nSPS) is 18.8. The quantitative estimate of drug-likeness (QED) is 0.292. The van der Waals surface area contributed by atoms with Gasteiger partial charge in [-0.25, -0.2) is 14.4 Å². The van der Waals surface area contributed by atoms with E-state index < -0.39 is 0 Å². The van der Waals surface area contributed by atoms with Crippen molar-refractivity contribution in [3.8, 4) is 6.07 Å². The van der Waals surface area contributed by atoms with Crippen molar-refractivity contribution in [3.05, 3.63) is 88.6 Å². The van der Waals surface area contributed by atoms with Gasteiger partial charge in [-0.2, -0.15) is 5.26 Å². The number of nitrogens with zero attached hydrogens (tertiary/aromatic N) is 5. The van der Waals surface area contributed by atoms with Crippen LogP contribution in [-0.4, -0.2) is 45.2 Å². The van der Waals surface area contributed by atoms with Gasteiger partial charge in [0.05, 0.1) is 41.4 Å². The van der Waals surface area contributed by atoms with Gasteiger partial charge in [0.2, 0.25) is 0 Å². The summed E-state index contributed by atoms with van der Waals surface area (Å²) in [7, 11) is 0. The van der Waals surface area contributed by atoms with E-state index in [1.54, 1.807) is 12.1 Å². The Morgan fingerprint density at radius 3 is 2.62 bits per heavy atom. The zero-order chi connectivity index (χ0) is 27.6. The molecule has 206 valence electrons.